The summed E-state index contributed by atoms with van der Waals surface area (Å²) < 4.78 is 105. The maximum absolute atomic E-state index is 13.8. The first-order valence-corrected chi connectivity index (χ1v) is 20.4. The zero-order chi connectivity index (χ0) is 46.3. The maximum atomic E-state index is 13.8. The zero-order valence-corrected chi connectivity index (χ0v) is 34.8. The summed E-state index contributed by atoms with van der Waals surface area (Å²) in [5, 5.41) is 16.4. The fourth-order valence-corrected chi connectivity index (χ4v) is 7.35. The molecule has 342 valence electrons. The normalized spacial score (nSPS) is 15.4. The number of aromatic hydroxyl groups is 1. The summed E-state index contributed by atoms with van der Waals surface area (Å²) in [5.41, 5.74) is -2.99. The standard InChI is InChI=1S/C43H41ClF6N4O10/c1-53-31(22-34(52-53)43(48,49)50)26-11-14-33(36(38(26)57)24-10-12-29(44)28(21-24)42(45,46)47)63-18-4-2-3-16-61-19-20-62-17-6-7-25(55)23-64-32-9-5-8-27-37(32)41(60)54(40(27)59)30-13-15-35(56)51-39(30)58/h5,8-12,14,21-22,30,57H,2-4,6-7,13,15-20,23H2,1H3,(H,51,56,58). The molecule has 1 saturated heterocycles. The molecule has 4 amide bonds. The molecule has 0 radical (unpaired) electrons. The van der Waals surface area contributed by atoms with Crippen LogP contribution in [-0.4, -0.2) is 94.9 Å². The van der Waals surface area contributed by atoms with E-state index in [2.05, 4.69) is 10.4 Å². The molecule has 1 atom stereocenters. The zero-order valence-electron chi connectivity index (χ0n) is 34.1. The van der Waals surface area contributed by atoms with E-state index in [1.165, 1.54) is 43.4 Å². The van der Waals surface area contributed by atoms with E-state index in [1.54, 1.807) is 0 Å². The molecule has 4 aromatic rings. The van der Waals surface area contributed by atoms with Gasteiger partial charge in [-0.05, 0) is 80.1 Å². The highest BCUT2D eigenvalue weighted by Gasteiger charge is 2.46. The molecule has 6 rings (SSSR count). The number of imide groups is 2. The monoisotopic (exact) mass is 922 g/mol. The molecule has 2 aliphatic heterocycles. The van der Waals surface area contributed by atoms with Crippen molar-refractivity contribution in [2.75, 3.05) is 39.6 Å². The number of ether oxygens (including phenoxy) is 4. The number of amides is 4. The number of hydrogen-bond donors (Lipinski definition) is 2. The summed E-state index contributed by atoms with van der Waals surface area (Å²) in [6.07, 6.45) is -7.45. The number of fused-ring (bicyclic) bond motifs is 1. The number of rotatable bonds is 20. The molecule has 3 aromatic carbocycles. The van der Waals surface area contributed by atoms with Crippen molar-refractivity contribution in [3.05, 3.63) is 82.0 Å². The number of phenolic OH excluding ortho intramolecular Hbond substituents is 1. The van der Waals surface area contributed by atoms with Crippen LogP contribution in [0.25, 0.3) is 22.4 Å². The average Bonchev–Trinajstić information content (AvgIpc) is 3.75. The molecule has 1 unspecified atom stereocenters. The number of ketones is 1. The Morgan fingerprint density at radius 1 is 0.812 bits per heavy atom. The Hall–Kier alpha value is -5.99. The number of nitrogens with zero attached hydrogens (tertiary/aromatic N) is 3. The first-order chi connectivity index (χ1) is 30.4. The third-order valence-electron chi connectivity index (χ3n) is 10.3. The van der Waals surface area contributed by atoms with Crippen LogP contribution >= 0.6 is 11.6 Å². The number of alkyl halides is 6. The quantitative estimate of drug-likeness (QED) is 0.0509. The molecule has 0 saturated carbocycles. The Kier molecular flexibility index (Phi) is 15.0. The molecule has 2 aliphatic rings. The lowest BCUT2D eigenvalue weighted by Gasteiger charge is -2.27. The molecular weight excluding hydrogens is 882 g/mol. The van der Waals surface area contributed by atoms with E-state index >= 15 is 0 Å². The third kappa shape index (κ3) is 11.0. The second kappa shape index (κ2) is 20.2. The van der Waals surface area contributed by atoms with Crippen LogP contribution in [0.4, 0.5) is 26.3 Å². The Balaban J connectivity index is 0.898. The maximum Gasteiger partial charge on any atom is 0.435 e. The lowest BCUT2D eigenvalue weighted by molar-refractivity contribution is -0.141. The second-order valence-corrected chi connectivity index (χ2v) is 15.2. The van der Waals surface area contributed by atoms with Gasteiger partial charge in [0.15, 0.2) is 11.5 Å². The van der Waals surface area contributed by atoms with E-state index in [0.29, 0.717) is 32.3 Å². The summed E-state index contributed by atoms with van der Waals surface area (Å²) in [5.74, 6) is -3.55. The molecule has 0 spiro atoms. The van der Waals surface area contributed by atoms with Crippen molar-refractivity contribution in [2.24, 2.45) is 7.05 Å². The van der Waals surface area contributed by atoms with Crippen LogP contribution in [0.3, 0.4) is 0 Å². The van der Waals surface area contributed by atoms with Gasteiger partial charge in [0.1, 0.15) is 29.9 Å². The first kappa shape index (κ1) is 47.5. The number of unbranched alkanes of at least 4 members (excludes halogenated alkanes) is 2. The molecule has 2 N–H and O–H groups in total. The second-order valence-electron chi connectivity index (χ2n) is 14.8. The fraction of sp³-hybridized carbons (Fsp3) is 0.395. The predicted molar refractivity (Wildman–Crippen MR) is 215 cm³/mol. The lowest BCUT2D eigenvalue weighted by atomic mass is 9.97. The largest absolute Gasteiger partial charge is 0.506 e. The van der Waals surface area contributed by atoms with Gasteiger partial charge in [-0.2, -0.15) is 31.4 Å². The van der Waals surface area contributed by atoms with Crippen LogP contribution in [-0.2, 0) is 43.3 Å². The van der Waals surface area contributed by atoms with Crippen LogP contribution in [0.15, 0.2) is 54.6 Å². The van der Waals surface area contributed by atoms with E-state index in [1.807, 2.05) is 0 Å². The number of Topliss-reactive ketones (excluding diaryl/α,β-unsaturated/α-hetero) is 1. The van der Waals surface area contributed by atoms with Crippen LogP contribution in [0.2, 0.25) is 5.02 Å². The van der Waals surface area contributed by atoms with Crippen molar-refractivity contribution < 1.29 is 74.4 Å². The van der Waals surface area contributed by atoms with Crippen molar-refractivity contribution >= 4 is 41.0 Å². The number of piperidine rings is 1. The van der Waals surface area contributed by atoms with Gasteiger partial charge in [-0.25, -0.2) is 0 Å². The molecule has 0 aliphatic carbocycles. The van der Waals surface area contributed by atoms with Gasteiger partial charge in [-0.1, -0.05) is 23.7 Å². The highest BCUT2D eigenvalue weighted by Crippen LogP contribution is 2.47. The summed E-state index contributed by atoms with van der Waals surface area (Å²) in [4.78, 5) is 63.4. The minimum absolute atomic E-state index is 0.00195. The summed E-state index contributed by atoms with van der Waals surface area (Å²) >= 11 is 5.82. The van der Waals surface area contributed by atoms with Gasteiger partial charge >= 0.3 is 12.4 Å². The van der Waals surface area contributed by atoms with Gasteiger partial charge in [-0.3, -0.25) is 38.9 Å². The number of aryl methyl sites for hydroxylation is 1. The molecule has 64 heavy (non-hydrogen) atoms. The number of phenols is 1. The number of aromatic nitrogens is 2. The summed E-state index contributed by atoms with van der Waals surface area (Å²) in [7, 11) is 1.23. The Morgan fingerprint density at radius 2 is 1.52 bits per heavy atom. The number of benzene rings is 3. The number of carbonyl (C=O) groups is 5. The minimum atomic E-state index is -4.84. The predicted octanol–water partition coefficient (Wildman–Crippen LogP) is 7.56. The SMILES string of the molecule is Cn1nc(C(F)(F)F)cc1-c1ccc(OCCCCCOCCOCCCC(=O)COc2cccc3c2C(=O)N(C2CCC(=O)NC2=O)C3=O)c(-c2ccc(Cl)c(C(F)(F)F)c2)c1O. The highest BCUT2D eigenvalue weighted by atomic mass is 35.5. The Morgan fingerprint density at radius 3 is 2.20 bits per heavy atom. The number of halogens is 7. The Labute approximate surface area is 366 Å². The molecule has 1 fully saturated rings. The van der Waals surface area contributed by atoms with Gasteiger partial charge in [0.25, 0.3) is 11.8 Å². The van der Waals surface area contributed by atoms with E-state index in [-0.39, 0.29) is 103 Å². The van der Waals surface area contributed by atoms with Gasteiger partial charge in [0.05, 0.1) is 52.8 Å². The molecular formula is C43H41ClF6N4O10. The van der Waals surface area contributed by atoms with E-state index in [9.17, 15) is 55.4 Å². The molecule has 0 bridgehead atoms. The van der Waals surface area contributed by atoms with Crippen molar-refractivity contribution in [1.29, 1.82) is 0 Å². The van der Waals surface area contributed by atoms with Crippen molar-refractivity contribution in [2.45, 2.75) is 63.3 Å². The van der Waals surface area contributed by atoms with Crippen molar-refractivity contribution in [1.82, 2.24) is 20.0 Å². The molecule has 3 heterocycles. The van der Waals surface area contributed by atoms with Crippen molar-refractivity contribution in [3.63, 3.8) is 0 Å². The average molecular weight is 923 g/mol. The first-order valence-electron chi connectivity index (χ1n) is 20.0. The van der Waals surface area contributed by atoms with Gasteiger partial charge in [0.2, 0.25) is 11.8 Å². The van der Waals surface area contributed by atoms with E-state index in [0.717, 1.165) is 27.8 Å². The lowest BCUT2D eigenvalue weighted by Crippen LogP contribution is -2.54. The van der Waals surface area contributed by atoms with E-state index in [4.69, 9.17) is 30.5 Å². The third-order valence-corrected chi connectivity index (χ3v) is 10.6. The number of hydrogen-bond acceptors (Lipinski definition) is 11. The van der Waals surface area contributed by atoms with Gasteiger partial charge in [-0.15, -0.1) is 0 Å². The highest BCUT2D eigenvalue weighted by molar-refractivity contribution is 6.31. The molecule has 21 heteroatoms. The van der Waals surface area contributed by atoms with Gasteiger partial charge < -0.3 is 24.1 Å². The van der Waals surface area contributed by atoms with Crippen molar-refractivity contribution in [3.8, 4) is 39.6 Å². The van der Waals surface area contributed by atoms with E-state index < -0.39 is 64.1 Å². The molecule has 1 aromatic heterocycles. The summed E-state index contributed by atoms with van der Waals surface area (Å²) in [6.45, 7) is 0.862. The number of nitrogens with one attached hydrogen (secondary N) is 1. The van der Waals surface area contributed by atoms with Crippen LogP contribution < -0.4 is 14.8 Å². The topological polar surface area (TPSA) is 176 Å². The number of carbonyl (C=O) groups excluding carboxylic acids is 5. The molecule has 14 nitrogen and oxygen atoms in total. The summed E-state index contributed by atoms with van der Waals surface area (Å²) in [6, 6.07) is 9.56. The fourth-order valence-electron chi connectivity index (χ4n) is 7.13. The Bertz CT molecular complexity index is 2420. The smallest absolute Gasteiger partial charge is 0.435 e. The van der Waals surface area contributed by atoms with Crippen LogP contribution in [0.1, 0.15) is 76.9 Å². The van der Waals surface area contributed by atoms with Gasteiger partial charge in [0, 0.05) is 38.7 Å². The van der Waals surface area contributed by atoms with Crippen LogP contribution in [0, 0.1) is 0 Å². The minimum Gasteiger partial charge on any atom is -0.506 e. The van der Waals surface area contributed by atoms with Crippen LogP contribution in [0.5, 0.6) is 17.2 Å².